The van der Waals surface area contributed by atoms with Gasteiger partial charge in [-0.15, -0.1) is 0 Å². The highest BCUT2D eigenvalue weighted by atomic mass is 16.5. The minimum absolute atomic E-state index is 0.358. The third kappa shape index (κ3) is 4.22. The summed E-state index contributed by atoms with van der Waals surface area (Å²) in [5, 5.41) is 4.11. The molecule has 0 saturated carbocycles. The van der Waals surface area contributed by atoms with E-state index in [0.29, 0.717) is 30.3 Å². The zero-order valence-corrected chi connectivity index (χ0v) is 11.8. The molecule has 7 heteroatoms. The molecule has 0 radical (unpaired) electrons. The SMILES string of the molecule is CCn1cc(OCCOc2cccc(C(=O)NN)c2)cn1. The van der Waals surface area contributed by atoms with Gasteiger partial charge in [-0.05, 0) is 25.1 Å². The average molecular weight is 290 g/mol. The van der Waals surface area contributed by atoms with Crippen LogP contribution < -0.4 is 20.7 Å². The van der Waals surface area contributed by atoms with Gasteiger partial charge in [0.2, 0.25) is 0 Å². The Kier molecular flexibility index (Phi) is 5.16. The van der Waals surface area contributed by atoms with E-state index in [9.17, 15) is 4.79 Å². The third-order valence-electron chi connectivity index (χ3n) is 2.78. The summed E-state index contributed by atoms with van der Waals surface area (Å²) in [5.74, 6) is 6.02. The van der Waals surface area contributed by atoms with E-state index in [1.807, 2.05) is 13.1 Å². The van der Waals surface area contributed by atoms with Gasteiger partial charge in [0.05, 0.1) is 12.4 Å². The number of carbonyl (C=O) groups is 1. The Labute approximate surface area is 122 Å². The van der Waals surface area contributed by atoms with Gasteiger partial charge in [-0.2, -0.15) is 5.10 Å². The van der Waals surface area contributed by atoms with Crippen molar-refractivity contribution >= 4 is 5.91 Å². The van der Waals surface area contributed by atoms with Crippen molar-refractivity contribution < 1.29 is 14.3 Å². The van der Waals surface area contributed by atoms with Gasteiger partial charge in [0.25, 0.3) is 5.91 Å². The van der Waals surface area contributed by atoms with Gasteiger partial charge in [-0.3, -0.25) is 14.9 Å². The lowest BCUT2D eigenvalue weighted by molar-refractivity contribution is 0.0953. The summed E-state index contributed by atoms with van der Waals surface area (Å²) in [6.45, 7) is 3.56. The van der Waals surface area contributed by atoms with Crippen LogP contribution in [0.15, 0.2) is 36.7 Å². The van der Waals surface area contributed by atoms with Crippen molar-refractivity contribution in [3.8, 4) is 11.5 Å². The molecule has 0 spiro atoms. The zero-order chi connectivity index (χ0) is 15.1. The molecule has 7 nitrogen and oxygen atoms in total. The van der Waals surface area contributed by atoms with E-state index in [-0.39, 0.29) is 5.91 Å². The molecule has 21 heavy (non-hydrogen) atoms. The molecule has 1 amide bonds. The lowest BCUT2D eigenvalue weighted by Gasteiger charge is -2.08. The Balaban J connectivity index is 1.79. The number of aromatic nitrogens is 2. The number of carbonyl (C=O) groups excluding carboxylic acids is 1. The number of nitrogen functional groups attached to an aromatic ring is 1. The number of hydrogen-bond acceptors (Lipinski definition) is 5. The van der Waals surface area contributed by atoms with E-state index in [2.05, 4.69) is 10.5 Å². The molecule has 0 unspecified atom stereocenters. The van der Waals surface area contributed by atoms with Crippen LogP contribution in [0, 0.1) is 0 Å². The first-order valence-corrected chi connectivity index (χ1v) is 6.62. The van der Waals surface area contributed by atoms with E-state index in [1.54, 1.807) is 35.1 Å². The van der Waals surface area contributed by atoms with Gasteiger partial charge in [0, 0.05) is 12.1 Å². The predicted molar refractivity (Wildman–Crippen MR) is 77.0 cm³/mol. The number of hydrogen-bond donors (Lipinski definition) is 2. The first kappa shape index (κ1) is 14.9. The third-order valence-corrected chi connectivity index (χ3v) is 2.78. The van der Waals surface area contributed by atoms with E-state index < -0.39 is 0 Å². The number of ether oxygens (including phenoxy) is 2. The van der Waals surface area contributed by atoms with Gasteiger partial charge in [-0.1, -0.05) is 6.07 Å². The van der Waals surface area contributed by atoms with Crippen LogP contribution in [0.25, 0.3) is 0 Å². The lowest BCUT2D eigenvalue weighted by atomic mass is 10.2. The quantitative estimate of drug-likeness (QED) is 0.343. The Hall–Kier alpha value is -2.54. The molecular weight excluding hydrogens is 272 g/mol. The van der Waals surface area contributed by atoms with E-state index >= 15 is 0 Å². The van der Waals surface area contributed by atoms with Crippen molar-refractivity contribution in [1.82, 2.24) is 15.2 Å². The van der Waals surface area contributed by atoms with Crippen LogP contribution in [-0.2, 0) is 6.54 Å². The van der Waals surface area contributed by atoms with Crippen LogP contribution in [0.4, 0.5) is 0 Å². The van der Waals surface area contributed by atoms with E-state index in [4.69, 9.17) is 15.3 Å². The number of nitrogens with two attached hydrogens (primary N) is 1. The zero-order valence-electron chi connectivity index (χ0n) is 11.8. The molecule has 3 N–H and O–H groups in total. The van der Waals surface area contributed by atoms with E-state index in [0.717, 1.165) is 6.54 Å². The van der Waals surface area contributed by atoms with Crippen LogP contribution >= 0.6 is 0 Å². The van der Waals surface area contributed by atoms with Gasteiger partial charge in [-0.25, -0.2) is 5.84 Å². The van der Waals surface area contributed by atoms with Crippen molar-refractivity contribution in [2.75, 3.05) is 13.2 Å². The second-order valence-electron chi connectivity index (χ2n) is 4.23. The Morgan fingerprint density at radius 1 is 1.33 bits per heavy atom. The normalized spacial score (nSPS) is 10.2. The topological polar surface area (TPSA) is 91.4 Å². The van der Waals surface area contributed by atoms with Crippen LogP contribution in [0.1, 0.15) is 17.3 Å². The van der Waals surface area contributed by atoms with Crippen LogP contribution in [0.5, 0.6) is 11.5 Å². The van der Waals surface area contributed by atoms with E-state index in [1.165, 1.54) is 0 Å². The fraction of sp³-hybridized carbons (Fsp3) is 0.286. The van der Waals surface area contributed by atoms with Crippen LogP contribution in [0.3, 0.4) is 0 Å². The predicted octanol–water partition coefficient (Wildman–Crippen LogP) is 0.964. The monoisotopic (exact) mass is 290 g/mol. The fourth-order valence-electron chi connectivity index (χ4n) is 1.72. The summed E-state index contributed by atoms with van der Waals surface area (Å²) >= 11 is 0. The Morgan fingerprint density at radius 3 is 2.76 bits per heavy atom. The number of nitrogens with one attached hydrogen (secondary N) is 1. The first-order chi connectivity index (χ1) is 10.2. The minimum Gasteiger partial charge on any atom is -0.490 e. The summed E-state index contributed by atoms with van der Waals surface area (Å²) in [6, 6.07) is 6.77. The van der Waals surface area contributed by atoms with Crippen molar-refractivity contribution in [3.05, 3.63) is 42.2 Å². The Bertz CT molecular complexity index is 597. The molecule has 0 aliphatic rings. The number of hydrazine groups is 1. The van der Waals surface area contributed by atoms with Crippen molar-refractivity contribution in [2.24, 2.45) is 5.84 Å². The first-order valence-electron chi connectivity index (χ1n) is 6.62. The molecule has 2 aromatic rings. The van der Waals surface area contributed by atoms with Crippen LogP contribution in [-0.4, -0.2) is 28.9 Å². The Morgan fingerprint density at radius 2 is 2.10 bits per heavy atom. The highest BCUT2D eigenvalue weighted by Gasteiger charge is 2.04. The second-order valence-corrected chi connectivity index (χ2v) is 4.23. The average Bonchev–Trinajstić information content (AvgIpc) is 2.99. The molecule has 112 valence electrons. The summed E-state index contributed by atoms with van der Waals surface area (Å²) in [5.41, 5.74) is 2.52. The number of amides is 1. The molecule has 0 fully saturated rings. The maximum absolute atomic E-state index is 11.4. The second kappa shape index (κ2) is 7.30. The number of aryl methyl sites for hydroxylation is 1. The molecule has 1 aromatic heterocycles. The number of nitrogens with zero attached hydrogens (tertiary/aromatic N) is 2. The molecule has 0 aliphatic carbocycles. The van der Waals surface area contributed by atoms with Crippen LogP contribution in [0.2, 0.25) is 0 Å². The highest BCUT2D eigenvalue weighted by molar-refractivity contribution is 5.94. The van der Waals surface area contributed by atoms with Gasteiger partial charge < -0.3 is 9.47 Å². The molecule has 0 atom stereocenters. The lowest BCUT2D eigenvalue weighted by Crippen LogP contribution is -2.29. The smallest absolute Gasteiger partial charge is 0.265 e. The molecular formula is C14H18N4O3. The summed E-state index contributed by atoms with van der Waals surface area (Å²) in [4.78, 5) is 11.4. The van der Waals surface area contributed by atoms with Gasteiger partial charge in [0.15, 0.2) is 5.75 Å². The number of rotatable bonds is 7. The summed E-state index contributed by atoms with van der Waals surface area (Å²) in [7, 11) is 0. The number of benzene rings is 1. The molecule has 0 bridgehead atoms. The minimum atomic E-state index is -0.358. The molecule has 1 heterocycles. The molecule has 2 rings (SSSR count). The molecule has 0 aliphatic heterocycles. The maximum atomic E-state index is 11.4. The largest absolute Gasteiger partial charge is 0.490 e. The van der Waals surface area contributed by atoms with Crippen molar-refractivity contribution in [3.63, 3.8) is 0 Å². The maximum Gasteiger partial charge on any atom is 0.265 e. The molecule has 1 aromatic carbocycles. The van der Waals surface area contributed by atoms with Crippen molar-refractivity contribution in [2.45, 2.75) is 13.5 Å². The summed E-state index contributed by atoms with van der Waals surface area (Å²) < 4.78 is 12.8. The van der Waals surface area contributed by atoms with Gasteiger partial charge >= 0.3 is 0 Å². The molecule has 0 saturated heterocycles. The van der Waals surface area contributed by atoms with Crippen molar-refractivity contribution in [1.29, 1.82) is 0 Å². The summed E-state index contributed by atoms with van der Waals surface area (Å²) in [6.07, 6.45) is 3.49. The highest BCUT2D eigenvalue weighted by Crippen LogP contribution is 2.13. The standard InChI is InChI=1S/C14H18N4O3/c1-2-18-10-13(9-16-18)21-7-6-20-12-5-3-4-11(8-12)14(19)17-15/h3-5,8-10H,2,6-7,15H2,1H3,(H,17,19). The van der Waals surface area contributed by atoms with Gasteiger partial charge in [0.1, 0.15) is 19.0 Å². The fourth-order valence-corrected chi connectivity index (χ4v) is 1.72.